The maximum atomic E-state index is 12.8. The zero-order valence-corrected chi connectivity index (χ0v) is 39.3. The molecule has 6 aromatic heterocycles. The fourth-order valence-corrected chi connectivity index (χ4v) is 10.3. The van der Waals surface area contributed by atoms with Gasteiger partial charge >= 0.3 is 5.97 Å². The number of nitrogens with zero attached hydrogens (tertiary/aromatic N) is 10. The summed E-state index contributed by atoms with van der Waals surface area (Å²) in [5.74, 6) is 1.75. The molecular weight excluding hydrogens is 865 g/mol. The van der Waals surface area contributed by atoms with E-state index in [2.05, 4.69) is 109 Å². The van der Waals surface area contributed by atoms with Crippen LogP contribution in [0.15, 0.2) is 59.8 Å². The van der Waals surface area contributed by atoms with E-state index < -0.39 is 5.97 Å². The summed E-state index contributed by atoms with van der Waals surface area (Å²) in [5, 5.41) is 35.9. The van der Waals surface area contributed by atoms with Crippen molar-refractivity contribution in [3.63, 3.8) is 0 Å². The fraction of sp³-hybridized carbons (Fsp3) is 0.522. The maximum Gasteiger partial charge on any atom is 0.355 e. The van der Waals surface area contributed by atoms with Crippen LogP contribution >= 0.6 is 22.7 Å². The number of nitrogens with one attached hydrogen (secondary N) is 1. The highest BCUT2D eigenvalue weighted by atomic mass is 32.1. The minimum atomic E-state index is -0.991. The third kappa shape index (κ3) is 11.0. The van der Waals surface area contributed by atoms with Crippen molar-refractivity contribution in [1.82, 2.24) is 34.1 Å². The van der Waals surface area contributed by atoms with E-state index in [1.165, 1.54) is 28.2 Å². The van der Waals surface area contributed by atoms with Gasteiger partial charge in [0.1, 0.15) is 5.69 Å². The van der Waals surface area contributed by atoms with Gasteiger partial charge in [-0.3, -0.25) is 4.79 Å². The van der Waals surface area contributed by atoms with Gasteiger partial charge in [0.15, 0.2) is 27.6 Å². The van der Waals surface area contributed by atoms with Crippen molar-refractivity contribution >= 4 is 67.5 Å². The number of aromatic carboxylic acids is 1. The van der Waals surface area contributed by atoms with Crippen molar-refractivity contribution in [2.24, 2.45) is 5.73 Å². The van der Waals surface area contributed by atoms with Crippen LogP contribution in [0.1, 0.15) is 110 Å². The molecule has 10 heterocycles. The molecule has 65 heavy (non-hydrogen) atoms. The van der Waals surface area contributed by atoms with Gasteiger partial charge in [-0.2, -0.15) is 0 Å². The van der Waals surface area contributed by atoms with Crippen molar-refractivity contribution in [2.75, 3.05) is 72.0 Å². The molecule has 1 amide bonds. The molecule has 6 aromatic rings. The van der Waals surface area contributed by atoms with Gasteiger partial charge in [-0.1, -0.05) is 27.7 Å². The summed E-state index contributed by atoms with van der Waals surface area (Å²) in [7, 11) is 0. The van der Waals surface area contributed by atoms with E-state index in [4.69, 9.17) is 20.8 Å². The summed E-state index contributed by atoms with van der Waals surface area (Å²) in [4.78, 5) is 50.6. The van der Waals surface area contributed by atoms with Crippen LogP contribution in [-0.2, 0) is 0 Å². The molecule has 4 aliphatic heterocycles. The number of thiazole rings is 2. The third-order valence-electron chi connectivity index (χ3n) is 12.5. The number of carbonyl (C=O) groups excluding carboxylic acids is 1. The number of piperidine rings is 2. The number of carboxylic acid groups (broad SMARTS) is 1. The lowest BCUT2D eigenvalue weighted by atomic mass is 10.1. The average Bonchev–Trinajstić information content (AvgIpc) is 4.16. The third-order valence-corrected chi connectivity index (χ3v) is 14.3. The number of hydrogen-bond donors (Lipinski definition) is 5. The van der Waals surface area contributed by atoms with Gasteiger partial charge < -0.3 is 54.8 Å². The Morgan fingerprint density at radius 1 is 0.662 bits per heavy atom. The monoisotopic (exact) mass is 926 g/mol. The molecule has 0 aliphatic carbocycles. The Morgan fingerprint density at radius 3 is 1.58 bits per heavy atom. The molecular formula is C46H62N12O5S2. The van der Waals surface area contributed by atoms with Crippen molar-refractivity contribution in [2.45, 2.75) is 102 Å². The molecule has 0 saturated carbocycles. The summed E-state index contributed by atoms with van der Waals surface area (Å²) >= 11 is 2.83. The van der Waals surface area contributed by atoms with Gasteiger partial charge in [-0.15, -0.1) is 22.7 Å². The summed E-state index contributed by atoms with van der Waals surface area (Å²) in [6, 6.07) is 8.68. The molecule has 17 nitrogen and oxygen atoms in total. The number of aliphatic hydroxyl groups excluding tert-OH is 2. The number of carboxylic acids is 1. The zero-order chi connectivity index (χ0) is 45.8. The molecule has 6 N–H and O–H groups in total. The van der Waals surface area contributed by atoms with Gasteiger partial charge in [0, 0.05) is 100.0 Å². The van der Waals surface area contributed by atoms with Crippen LogP contribution in [0.5, 0.6) is 0 Å². The number of aromatic nitrogens is 6. The minimum absolute atomic E-state index is 0.0669. The molecule has 4 saturated heterocycles. The number of anilines is 4. The summed E-state index contributed by atoms with van der Waals surface area (Å²) in [5.41, 5.74) is 11.0. The van der Waals surface area contributed by atoms with Crippen molar-refractivity contribution in [1.29, 1.82) is 0 Å². The second kappa shape index (κ2) is 20.4. The summed E-state index contributed by atoms with van der Waals surface area (Å²) in [6.45, 7) is 15.2. The predicted molar refractivity (Wildman–Crippen MR) is 258 cm³/mol. The van der Waals surface area contributed by atoms with Gasteiger partial charge in [0.25, 0.3) is 5.91 Å². The molecule has 10 rings (SSSR count). The lowest BCUT2D eigenvalue weighted by Crippen LogP contribution is -2.38. The first-order valence-electron chi connectivity index (χ1n) is 22.8. The second-order valence-corrected chi connectivity index (χ2v) is 19.7. The Labute approximate surface area is 387 Å². The fourth-order valence-electron chi connectivity index (χ4n) is 8.56. The lowest BCUT2D eigenvalue weighted by Gasteiger charge is -2.29. The van der Waals surface area contributed by atoms with E-state index in [-0.39, 0.29) is 35.9 Å². The zero-order valence-electron chi connectivity index (χ0n) is 37.7. The van der Waals surface area contributed by atoms with Crippen LogP contribution in [0.2, 0.25) is 0 Å². The molecule has 0 aromatic carbocycles. The number of nitrogens with two attached hydrogens (primary N) is 1. The number of carbonyl (C=O) groups is 2. The Bertz CT molecular complexity index is 2540. The SMILES string of the molecule is CC(C)c1cn2cccc2c(N2CC[C@H](N)C2)n1.CC(C)c1cn2cccc2c(N2CC[C@H](NC(=O)c3csc(N4CCC(O)CC4)n3)C2)n1.O=C(O)c1csc(N2CCC(O)CC2)n1. The Hall–Kier alpha value is -5.34. The van der Waals surface area contributed by atoms with E-state index >= 15 is 0 Å². The van der Waals surface area contributed by atoms with E-state index in [1.54, 1.807) is 5.38 Å². The maximum absolute atomic E-state index is 12.8. The van der Waals surface area contributed by atoms with Gasteiger partial charge in [0.2, 0.25) is 0 Å². The van der Waals surface area contributed by atoms with Crippen molar-refractivity contribution < 1.29 is 24.9 Å². The number of fused-ring (bicyclic) bond motifs is 2. The highest BCUT2D eigenvalue weighted by Crippen LogP contribution is 2.30. The summed E-state index contributed by atoms with van der Waals surface area (Å²) in [6.07, 6.45) is 12.8. The first-order valence-corrected chi connectivity index (χ1v) is 24.6. The first kappa shape index (κ1) is 46.2. The topological polar surface area (TPSA) is 206 Å². The number of hydrogen-bond acceptors (Lipinski definition) is 15. The Balaban J connectivity index is 0.000000147. The first-order chi connectivity index (χ1) is 31.3. The Morgan fingerprint density at radius 2 is 1.12 bits per heavy atom. The van der Waals surface area contributed by atoms with Crippen LogP contribution in [0.4, 0.5) is 21.9 Å². The highest BCUT2D eigenvalue weighted by molar-refractivity contribution is 7.14. The smallest absolute Gasteiger partial charge is 0.355 e. The van der Waals surface area contributed by atoms with Crippen molar-refractivity contribution in [3.8, 4) is 0 Å². The van der Waals surface area contributed by atoms with Gasteiger partial charge in [0.05, 0.1) is 34.6 Å². The molecule has 348 valence electrons. The van der Waals surface area contributed by atoms with E-state index in [0.717, 1.165) is 130 Å². The molecule has 2 atom stereocenters. The second-order valence-electron chi connectivity index (χ2n) is 18.1. The van der Waals surface area contributed by atoms with E-state index in [9.17, 15) is 19.8 Å². The summed E-state index contributed by atoms with van der Waals surface area (Å²) < 4.78 is 4.31. The van der Waals surface area contributed by atoms with Crippen LogP contribution in [0.25, 0.3) is 11.0 Å². The highest BCUT2D eigenvalue weighted by Gasteiger charge is 2.29. The number of rotatable bonds is 9. The number of amides is 1. The average molecular weight is 927 g/mol. The van der Waals surface area contributed by atoms with E-state index in [0.29, 0.717) is 17.5 Å². The number of aliphatic hydroxyl groups is 2. The molecule has 0 radical (unpaired) electrons. The molecule has 0 unspecified atom stereocenters. The molecule has 4 aliphatic rings. The largest absolute Gasteiger partial charge is 0.476 e. The molecule has 0 bridgehead atoms. The van der Waals surface area contributed by atoms with Gasteiger partial charge in [-0.05, 0) is 74.6 Å². The standard InChI is InChI=1S/C23H30N6O2S.C14H20N4.C9H12N2O3S/c1-15(2)18-13-28-8-3-4-20(28)21(25-18)29-9-5-16(12-29)24-22(31)19-14-32-23(26-19)27-10-6-17(30)7-11-27;1-10(2)12-9-17-6-3-4-13(17)14(16-12)18-7-5-11(15)8-18;12-6-1-3-11(4-2-6)9-10-7(5-15-9)8(13)14/h3-4,8,13-17,30H,5-7,9-12H2,1-2H3,(H,24,31);3-4,6,9-11H,5,7-8,15H2,1-2H3;5-6,12H,1-4H2,(H,13,14)/t16-;11-;/m00./s1. The van der Waals surface area contributed by atoms with Crippen LogP contribution in [0.3, 0.4) is 0 Å². The Kier molecular flexibility index (Phi) is 14.5. The van der Waals surface area contributed by atoms with E-state index in [1.807, 2.05) is 16.3 Å². The normalized spacial score (nSPS) is 19.6. The lowest BCUT2D eigenvalue weighted by molar-refractivity contribution is 0.0690. The van der Waals surface area contributed by atoms with Crippen molar-refractivity contribution in [3.05, 3.63) is 82.6 Å². The quantitative estimate of drug-likeness (QED) is 0.118. The molecule has 0 spiro atoms. The van der Waals surface area contributed by atoms with Gasteiger partial charge in [-0.25, -0.2) is 24.7 Å². The predicted octanol–water partition coefficient (Wildman–Crippen LogP) is 5.68. The van der Waals surface area contributed by atoms with Crippen LogP contribution < -0.4 is 30.7 Å². The molecule has 19 heteroatoms. The molecule has 4 fully saturated rings. The minimum Gasteiger partial charge on any atom is -0.476 e. The van der Waals surface area contributed by atoms with Crippen LogP contribution in [-0.4, -0.2) is 133 Å². The van der Waals surface area contributed by atoms with Crippen LogP contribution in [0, 0.1) is 0 Å².